The fraction of sp³-hybridized carbons (Fsp3) is 0.200. The van der Waals surface area contributed by atoms with Gasteiger partial charge in [0.05, 0.1) is 0 Å². The molecule has 0 aliphatic carbocycles. The van der Waals surface area contributed by atoms with Crippen molar-refractivity contribution < 1.29 is 19.8 Å². The second-order valence-electron chi connectivity index (χ2n) is 1.40. The van der Waals surface area contributed by atoms with Crippen LogP contribution in [-0.2, 0) is 9.59 Å². The van der Waals surface area contributed by atoms with Gasteiger partial charge in [-0.15, -0.1) is 0 Å². The van der Waals surface area contributed by atoms with Crippen LogP contribution < -0.4 is 5.32 Å². The third-order valence-electron chi connectivity index (χ3n) is 0.663. The van der Waals surface area contributed by atoms with Crippen LogP contribution in [0.3, 0.4) is 0 Å². The Labute approximate surface area is 57.0 Å². The summed E-state index contributed by atoms with van der Waals surface area (Å²) in [7, 11) is 0. The standard InChI is InChI=1S/C5H7NO4/c7-3-1-2-6-4(8)5(9)10/h1-4,6,8H,(H,9,10). The first-order valence-electron chi connectivity index (χ1n) is 2.45. The largest absolute Gasteiger partial charge is 0.478 e. The lowest BCUT2D eigenvalue weighted by atomic mass is 10.5. The molecule has 10 heavy (non-hydrogen) atoms. The van der Waals surface area contributed by atoms with Crippen LogP contribution in [0.15, 0.2) is 12.3 Å². The molecule has 0 bridgehead atoms. The molecule has 0 aliphatic rings. The summed E-state index contributed by atoms with van der Waals surface area (Å²) in [5.41, 5.74) is 0. The molecule has 0 rings (SSSR count). The fourth-order valence-electron chi connectivity index (χ4n) is 0.257. The number of carbonyl (C=O) groups is 2. The van der Waals surface area contributed by atoms with Crippen LogP contribution in [0.2, 0.25) is 0 Å². The molecule has 0 aromatic rings. The van der Waals surface area contributed by atoms with Gasteiger partial charge in [-0.1, -0.05) is 0 Å². The number of nitrogens with one attached hydrogen (secondary N) is 1. The molecule has 0 fully saturated rings. The summed E-state index contributed by atoms with van der Waals surface area (Å²) in [6, 6.07) is 0. The Morgan fingerprint density at radius 2 is 2.20 bits per heavy atom. The van der Waals surface area contributed by atoms with E-state index in [-0.39, 0.29) is 0 Å². The Kier molecular flexibility index (Phi) is 3.90. The third-order valence-corrected chi connectivity index (χ3v) is 0.663. The minimum absolute atomic E-state index is 0.460. The van der Waals surface area contributed by atoms with Gasteiger partial charge in [0, 0.05) is 6.20 Å². The van der Waals surface area contributed by atoms with Crippen molar-refractivity contribution in [2.75, 3.05) is 0 Å². The second-order valence-corrected chi connectivity index (χ2v) is 1.40. The van der Waals surface area contributed by atoms with Crippen LogP contribution in [0.25, 0.3) is 0 Å². The summed E-state index contributed by atoms with van der Waals surface area (Å²) in [6.45, 7) is 0. The summed E-state index contributed by atoms with van der Waals surface area (Å²) in [5.74, 6) is -1.39. The summed E-state index contributed by atoms with van der Waals surface area (Å²) in [6.07, 6.45) is 0.885. The zero-order valence-corrected chi connectivity index (χ0v) is 5.02. The molecule has 0 saturated carbocycles. The van der Waals surface area contributed by atoms with E-state index in [1.807, 2.05) is 5.32 Å². The summed E-state index contributed by atoms with van der Waals surface area (Å²) in [5, 5.41) is 18.5. The lowest BCUT2D eigenvalue weighted by molar-refractivity contribution is -0.147. The zero-order chi connectivity index (χ0) is 7.98. The lowest BCUT2D eigenvalue weighted by Gasteiger charge is -2.02. The molecule has 0 saturated heterocycles. The molecular weight excluding hydrogens is 138 g/mol. The molecule has 56 valence electrons. The van der Waals surface area contributed by atoms with E-state index in [2.05, 4.69) is 0 Å². The summed E-state index contributed by atoms with van der Waals surface area (Å²) < 4.78 is 0. The number of carboxylic acids is 1. The molecule has 1 unspecified atom stereocenters. The SMILES string of the molecule is O=CC=CNC(O)C(=O)O. The number of aliphatic hydroxyl groups is 1. The smallest absolute Gasteiger partial charge is 0.353 e. The van der Waals surface area contributed by atoms with Crippen LogP contribution >= 0.6 is 0 Å². The number of hydrogen-bond donors (Lipinski definition) is 3. The minimum atomic E-state index is -1.66. The molecule has 5 nitrogen and oxygen atoms in total. The highest BCUT2D eigenvalue weighted by Crippen LogP contribution is 1.74. The van der Waals surface area contributed by atoms with Gasteiger partial charge in [-0.25, -0.2) is 4.79 Å². The highest BCUT2D eigenvalue weighted by atomic mass is 16.4. The van der Waals surface area contributed by atoms with Crippen molar-refractivity contribution in [3.05, 3.63) is 12.3 Å². The molecule has 0 amide bonds. The van der Waals surface area contributed by atoms with Crippen molar-refractivity contribution in [1.82, 2.24) is 5.32 Å². The average molecular weight is 145 g/mol. The third kappa shape index (κ3) is 3.62. The predicted octanol–water partition coefficient (Wildman–Crippen LogP) is -1.31. The van der Waals surface area contributed by atoms with Crippen molar-refractivity contribution in [2.45, 2.75) is 6.23 Å². The molecular formula is C5H7NO4. The van der Waals surface area contributed by atoms with Crippen molar-refractivity contribution in [2.24, 2.45) is 0 Å². The Hall–Kier alpha value is -1.36. The van der Waals surface area contributed by atoms with Crippen molar-refractivity contribution in [1.29, 1.82) is 0 Å². The van der Waals surface area contributed by atoms with Crippen LogP contribution in [0.1, 0.15) is 0 Å². The molecule has 0 heterocycles. The molecule has 0 spiro atoms. The van der Waals surface area contributed by atoms with Gasteiger partial charge in [-0.3, -0.25) is 4.79 Å². The predicted molar refractivity (Wildman–Crippen MR) is 32.0 cm³/mol. The van der Waals surface area contributed by atoms with Crippen LogP contribution in [0.5, 0.6) is 0 Å². The number of allylic oxidation sites excluding steroid dienone is 1. The lowest BCUT2D eigenvalue weighted by Crippen LogP contribution is -2.32. The fourth-order valence-corrected chi connectivity index (χ4v) is 0.257. The van der Waals surface area contributed by atoms with Gasteiger partial charge < -0.3 is 15.5 Å². The van der Waals surface area contributed by atoms with E-state index >= 15 is 0 Å². The molecule has 0 aromatic carbocycles. The minimum Gasteiger partial charge on any atom is -0.478 e. The monoisotopic (exact) mass is 145 g/mol. The zero-order valence-electron chi connectivity index (χ0n) is 5.02. The van der Waals surface area contributed by atoms with Gasteiger partial charge in [0.25, 0.3) is 0 Å². The van der Waals surface area contributed by atoms with E-state index in [9.17, 15) is 9.59 Å². The number of carboxylic acid groups (broad SMARTS) is 1. The number of aliphatic hydroxyl groups excluding tert-OH is 1. The van der Waals surface area contributed by atoms with E-state index in [1.165, 1.54) is 0 Å². The van der Waals surface area contributed by atoms with E-state index in [0.29, 0.717) is 6.29 Å². The van der Waals surface area contributed by atoms with Gasteiger partial charge >= 0.3 is 5.97 Å². The van der Waals surface area contributed by atoms with E-state index in [1.54, 1.807) is 0 Å². The van der Waals surface area contributed by atoms with Gasteiger partial charge in [0.15, 0.2) is 0 Å². The number of hydrogen-bond acceptors (Lipinski definition) is 4. The van der Waals surface area contributed by atoms with Gasteiger partial charge in [-0.05, 0) is 6.08 Å². The van der Waals surface area contributed by atoms with Crippen LogP contribution in [0, 0.1) is 0 Å². The molecule has 0 radical (unpaired) electrons. The number of aldehydes is 1. The normalized spacial score (nSPS) is 12.9. The van der Waals surface area contributed by atoms with Crippen LogP contribution in [-0.4, -0.2) is 28.7 Å². The summed E-state index contributed by atoms with van der Waals surface area (Å²) >= 11 is 0. The summed E-state index contributed by atoms with van der Waals surface area (Å²) in [4.78, 5) is 19.5. The second kappa shape index (κ2) is 4.51. The van der Waals surface area contributed by atoms with Crippen molar-refractivity contribution in [3.63, 3.8) is 0 Å². The first-order valence-corrected chi connectivity index (χ1v) is 2.45. The molecule has 5 heteroatoms. The first-order chi connectivity index (χ1) is 4.68. The van der Waals surface area contributed by atoms with Crippen molar-refractivity contribution >= 4 is 12.3 Å². The Morgan fingerprint density at radius 3 is 2.60 bits per heavy atom. The van der Waals surface area contributed by atoms with E-state index in [4.69, 9.17) is 10.2 Å². The van der Waals surface area contributed by atoms with Crippen LogP contribution in [0.4, 0.5) is 0 Å². The highest BCUT2D eigenvalue weighted by Gasteiger charge is 2.08. The van der Waals surface area contributed by atoms with Gasteiger partial charge in [0.2, 0.25) is 6.23 Å². The maximum atomic E-state index is 9.86. The Bertz CT molecular complexity index is 154. The molecule has 0 aromatic heterocycles. The Balaban J connectivity index is 3.58. The number of carbonyl (C=O) groups excluding carboxylic acids is 1. The maximum Gasteiger partial charge on any atom is 0.353 e. The Morgan fingerprint density at radius 1 is 1.60 bits per heavy atom. The topological polar surface area (TPSA) is 86.6 Å². The quantitative estimate of drug-likeness (QED) is 0.260. The van der Waals surface area contributed by atoms with Gasteiger partial charge in [-0.2, -0.15) is 0 Å². The number of rotatable bonds is 4. The first kappa shape index (κ1) is 8.64. The van der Waals surface area contributed by atoms with E-state index in [0.717, 1.165) is 12.3 Å². The molecule has 3 N–H and O–H groups in total. The van der Waals surface area contributed by atoms with Crippen molar-refractivity contribution in [3.8, 4) is 0 Å². The highest BCUT2D eigenvalue weighted by molar-refractivity contribution is 5.71. The number of aliphatic carboxylic acids is 1. The van der Waals surface area contributed by atoms with Gasteiger partial charge in [0.1, 0.15) is 6.29 Å². The molecule has 1 atom stereocenters. The maximum absolute atomic E-state index is 9.86. The average Bonchev–Trinajstić information content (AvgIpc) is 1.88. The molecule has 0 aliphatic heterocycles. The van der Waals surface area contributed by atoms with E-state index < -0.39 is 12.2 Å².